The molecule has 1 N–H and O–H groups in total. The number of benzene rings is 2. The summed E-state index contributed by atoms with van der Waals surface area (Å²) in [7, 11) is 1.63. The molecule has 156 valence electrons. The molecular weight excluding hydrogens is 395 g/mol. The molecule has 7 heteroatoms. The zero-order chi connectivity index (χ0) is 21.4. The van der Waals surface area contributed by atoms with Crippen LogP contribution in [0.2, 0.25) is 0 Å². The van der Waals surface area contributed by atoms with E-state index in [-0.39, 0.29) is 11.7 Å². The molecule has 4 aromatic rings. The Balaban J connectivity index is 1.47. The number of amides is 1. The van der Waals surface area contributed by atoms with Gasteiger partial charge in [-0.15, -0.1) is 0 Å². The Hall–Kier alpha value is -3.74. The Bertz CT molecular complexity index is 1250. The quantitative estimate of drug-likeness (QED) is 0.524. The summed E-state index contributed by atoms with van der Waals surface area (Å²) in [6.07, 6.45) is 7.68. The number of aromatic nitrogens is 3. The van der Waals surface area contributed by atoms with Crippen molar-refractivity contribution in [3.63, 3.8) is 0 Å². The van der Waals surface area contributed by atoms with Gasteiger partial charge in [0, 0.05) is 11.6 Å². The molecule has 1 aliphatic carbocycles. The molecule has 0 radical (unpaired) electrons. The Morgan fingerprint density at radius 3 is 2.45 bits per heavy atom. The van der Waals surface area contributed by atoms with Crippen LogP contribution in [-0.4, -0.2) is 27.8 Å². The second-order valence-corrected chi connectivity index (χ2v) is 7.77. The van der Waals surface area contributed by atoms with Crippen molar-refractivity contribution in [2.75, 3.05) is 7.11 Å². The first kappa shape index (κ1) is 19.2. The van der Waals surface area contributed by atoms with Gasteiger partial charge in [-0.2, -0.15) is 5.10 Å². The Morgan fingerprint density at radius 1 is 1.06 bits per heavy atom. The molecule has 0 atom stereocenters. The summed E-state index contributed by atoms with van der Waals surface area (Å²) in [5.41, 5.74) is 2.52. The fourth-order valence-corrected chi connectivity index (χ4v) is 4.12. The number of fused-ring (bicyclic) bond motifs is 1. The summed E-state index contributed by atoms with van der Waals surface area (Å²) in [5.74, 6) is 0.279. The standard InChI is InChI=1S/C24H21FN4O2/c1-31-19-9-3-16(4-10-19)24(11-2-12-24)28-23(30)21-13-26-15-22-20(21)14-27-29(22)18-7-5-17(25)6-8-18/h3-10,13-15H,2,11-12H2,1H3,(H,28,30). The van der Waals surface area contributed by atoms with Gasteiger partial charge in [-0.25, -0.2) is 9.07 Å². The van der Waals surface area contributed by atoms with E-state index in [0.29, 0.717) is 22.2 Å². The average molecular weight is 416 g/mol. The van der Waals surface area contributed by atoms with E-state index < -0.39 is 5.54 Å². The van der Waals surface area contributed by atoms with Gasteiger partial charge in [-0.05, 0) is 61.2 Å². The van der Waals surface area contributed by atoms with Crippen LogP contribution in [0.5, 0.6) is 5.75 Å². The van der Waals surface area contributed by atoms with Crippen molar-refractivity contribution in [3.05, 3.63) is 84.1 Å². The lowest BCUT2D eigenvalue weighted by Crippen LogP contribution is -2.50. The van der Waals surface area contributed by atoms with Crippen molar-refractivity contribution in [3.8, 4) is 11.4 Å². The van der Waals surface area contributed by atoms with Crippen LogP contribution in [0.3, 0.4) is 0 Å². The second kappa shape index (κ2) is 7.50. The maximum absolute atomic E-state index is 13.3. The highest BCUT2D eigenvalue weighted by Crippen LogP contribution is 2.42. The maximum Gasteiger partial charge on any atom is 0.254 e. The molecule has 1 saturated carbocycles. The number of pyridine rings is 1. The van der Waals surface area contributed by atoms with Crippen LogP contribution in [0.4, 0.5) is 4.39 Å². The van der Waals surface area contributed by atoms with E-state index in [2.05, 4.69) is 15.4 Å². The lowest BCUT2D eigenvalue weighted by molar-refractivity contribution is 0.0824. The molecular formula is C24H21FN4O2. The summed E-state index contributed by atoms with van der Waals surface area (Å²) in [4.78, 5) is 17.6. The van der Waals surface area contributed by atoms with Gasteiger partial charge < -0.3 is 10.1 Å². The Kier molecular flexibility index (Phi) is 4.66. The normalized spacial score (nSPS) is 14.8. The van der Waals surface area contributed by atoms with Crippen molar-refractivity contribution in [2.45, 2.75) is 24.8 Å². The zero-order valence-corrected chi connectivity index (χ0v) is 17.0. The number of ether oxygens (including phenoxy) is 1. The lowest BCUT2D eigenvalue weighted by Gasteiger charge is -2.43. The molecule has 1 amide bonds. The molecule has 1 aliphatic rings. The molecule has 0 unspecified atom stereocenters. The van der Waals surface area contributed by atoms with Gasteiger partial charge in [-0.1, -0.05) is 12.1 Å². The van der Waals surface area contributed by atoms with Crippen molar-refractivity contribution in [1.29, 1.82) is 0 Å². The van der Waals surface area contributed by atoms with Crippen LogP contribution in [0.1, 0.15) is 35.2 Å². The third-order valence-corrected chi connectivity index (χ3v) is 6.02. The van der Waals surface area contributed by atoms with E-state index in [1.807, 2.05) is 24.3 Å². The van der Waals surface area contributed by atoms with Crippen LogP contribution in [0.25, 0.3) is 16.6 Å². The third-order valence-electron chi connectivity index (χ3n) is 6.02. The monoisotopic (exact) mass is 416 g/mol. The number of nitrogens with one attached hydrogen (secondary N) is 1. The summed E-state index contributed by atoms with van der Waals surface area (Å²) in [5, 5.41) is 8.34. The molecule has 5 rings (SSSR count). The smallest absolute Gasteiger partial charge is 0.254 e. The predicted molar refractivity (Wildman–Crippen MR) is 115 cm³/mol. The van der Waals surface area contributed by atoms with Gasteiger partial charge in [-0.3, -0.25) is 9.78 Å². The number of carbonyl (C=O) groups excluding carboxylic acids is 1. The maximum atomic E-state index is 13.3. The average Bonchev–Trinajstić information content (AvgIpc) is 3.21. The lowest BCUT2D eigenvalue weighted by atomic mass is 9.71. The van der Waals surface area contributed by atoms with Crippen molar-refractivity contribution in [2.24, 2.45) is 0 Å². The molecule has 2 aromatic carbocycles. The molecule has 0 saturated heterocycles. The molecule has 1 fully saturated rings. The number of hydrogen-bond acceptors (Lipinski definition) is 4. The van der Waals surface area contributed by atoms with Gasteiger partial charge in [0.15, 0.2) is 0 Å². The molecule has 0 spiro atoms. The zero-order valence-electron chi connectivity index (χ0n) is 17.0. The van der Waals surface area contributed by atoms with E-state index in [0.717, 1.165) is 30.6 Å². The van der Waals surface area contributed by atoms with Gasteiger partial charge in [0.05, 0.1) is 41.8 Å². The van der Waals surface area contributed by atoms with E-state index >= 15 is 0 Å². The number of rotatable bonds is 5. The molecule has 0 aliphatic heterocycles. The predicted octanol–water partition coefficient (Wildman–Crippen LogP) is 4.38. The minimum atomic E-state index is -0.390. The number of halogens is 1. The number of nitrogens with zero attached hydrogens (tertiary/aromatic N) is 3. The van der Waals surface area contributed by atoms with Crippen LogP contribution >= 0.6 is 0 Å². The van der Waals surface area contributed by atoms with Crippen molar-refractivity contribution >= 4 is 16.8 Å². The van der Waals surface area contributed by atoms with Crippen LogP contribution in [0.15, 0.2) is 67.1 Å². The molecule has 6 nitrogen and oxygen atoms in total. The number of carbonyl (C=O) groups is 1. The fourth-order valence-electron chi connectivity index (χ4n) is 4.12. The van der Waals surface area contributed by atoms with Crippen LogP contribution in [-0.2, 0) is 5.54 Å². The summed E-state index contributed by atoms with van der Waals surface area (Å²) >= 11 is 0. The van der Waals surface area contributed by atoms with Gasteiger partial charge >= 0.3 is 0 Å². The largest absolute Gasteiger partial charge is 0.497 e. The Labute approximate surface area is 178 Å². The number of hydrogen-bond donors (Lipinski definition) is 1. The van der Waals surface area contributed by atoms with Crippen molar-refractivity contribution in [1.82, 2.24) is 20.1 Å². The van der Waals surface area contributed by atoms with E-state index in [4.69, 9.17) is 4.74 Å². The second-order valence-electron chi connectivity index (χ2n) is 7.77. The Morgan fingerprint density at radius 2 is 1.81 bits per heavy atom. The van der Waals surface area contributed by atoms with Crippen LogP contribution < -0.4 is 10.1 Å². The minimum absolute atomic E-state index is 0.188. The van der Waals surface area contributed by atoms with Gasteiger partial charge in [0.25, 0.3) is 5.91 Å². The number of methoxy groups -OCH3 is 1. The van der Waals surface area contributed by atoms with Crippen molar-refractivity contribution < 1.29 is 13.9 Å². The highest BCUT2D eigenvalue weighted by molar-refractivity contribution is 6.06. The molecule has 2 aromatic heterocycles. The molecule has 31 heavy (non-hydrogen) atoms. The summed E-state index contributed by atoms with van der Waals surface area (Å²) < 4.78 is 20.2. The third kappa shape index (κ3) is 3.32. The highest BCUT2D eigenvalue weighted by atomic mass is 19.1. The summed E-state index contributed by atoms with van der Waals surface area (Å²) in [6, 6.07) is 13.9. The fraction of sp³-hybridized carbons (Fsp3) is 0.208. The molecule has 2 heterocycles. The van der Waals surface area contributed by atoms with Gasteiger partial charge in [0.1, 0.15) is 11.6 Å². The van der Waals surface area contributed by atoms with Crippen LogP contribution in [0, 0.1) is 5.82 Å². The van der Waals surface area contributed by atoms with E-state index in [1.54, 1.807) is 42.5 Å². The molecule has 0 bridgehead atoms. The summed E-state index contributed by atoms with van der Waals surface area (Å²) in [6.45, 7) is 0. The van der Waals surface area contributed by atoms with E-state index in [1.165, 1.54) is 12.1 Å². The SMILES string of the molecule is COc1ccc(C2(NC(=O)c3cncc4c3cnn4-c3ccc(F)cc3)CCC2)cc1. The highest BCUT2D eigenvalue weighted by Gasteiger charge is 2.40. The topological polar surface area (TPSA) is 69.0 Å². The minimum Gasteiger partial charge on any atom is -0.497 e. The first-order valence-electron chi connectivity index (χ1n) is 10.1. The first-order chi connectivity index (χ1) is 15.1. The van der Waals surface area contributed by atoms with Gasteiger partial charge in [0.2, 0.25) is 0 Å². The first-order valence-corrected chi connectivity index (χ1v) is 10.1. The van der Waals surface area contributed by atoms with E-state index in [9.17, 15) is 9.18 Å².